The summed E-state index contributed by atoms with van der Waals surface area (Å²) in [6, 6.07) is 4.73. The highest BCUT2D eigenvalue weighted by Crippen LogP contribution is 2.36. The molecule has 88 valence electrons. The van der Waals surface area contributed by atoms with E-state index in [1.165, 1.54) is 11.1 Å². The van der Waals surface area contributed by atoms with Crippen molar-refractivity contribution in [1.82, 2.24) is 5.32 Å². The van der Waals surface area contributed by atoms with Gasteiger partial charge in [0, 0.05) is 16.1 Å². The lowest BCUT2D eigenvalue weighted by Crippen LogP contribution is -2.20. The molecule has 0 saturated heterocycles. The van der Waals surface area contributed by atoms with Crippen LogP contribution in [0.1, 0.15) is 36.9 Å². The number of rotatable bonds is 2. The Kier molecular flexibility index (Phi) is 3.87. The van der Waals surface area contributed by atoms with E-state index in [-0.39, 0.29) is 0 Å². The van der Waals surface area contributed by atoms with Gasteiger partial charge in [-0.3, -0.25) is 0 Å². The van der Waals surface area contributed by atoms with Crippen LogP contribution in [0.25, 0.3) is 0 Å². The first-order valence-electron chi connectivity index (χ1n) is 5.88. The summed E-state index contributed by atoms with van der Waals surface area (Å²) in [6.07, 6.45) is 2.26. The van der Waals surface area contributed by atoms with Gasteiger partial charge in [-0.05, 0) is 44.0 Å². The maximum absolute atomic E-state index is 5.85. The van der Waals surface area contributed by atoms with Gasteiger partial charge in [0.15, 0.2) is 0 Å². The zero-order valence-corrected chi connectivity index (χ0v) is 11.4. The van der Waals surface area contributed by atoms with Crippen molar-refractivity contribution in [2.75, 3.05) is 13.2 Å². The number of hydrogen-bond acceptors (Lipinski definition) is 2. The van der Waals surface area contributed by atoms with Crippen LogP contribution in [0.4, 0.5) is 0 Å². The lowest BCUT2D eigenvalue weighted by atomic mass is 10.00. The van der Waals surface area contributed by atoms with E-state index < -0.39 is 0 Å². The Labute approximate surface area is 106 Å². The van der Waals surface area contributed by atoms with E-state index in [1.54, 1.807) is 0 Å². The molecule has 2 rings (SSSR count). The van der Waals surface area contributed by atoms with Gasteiger partial charge in [-0.1, -0.05) is 22.9 Å². The van der Waals surface area contributed by atoms with Crippen LogP contribution in [0.5, 0.6) is 5.75 Å². The van der Waals surface area contributed by atoms with Crippen molar-refractivity contribution in [3.63, 3.8) is 0 Å². The molecular formula is C13H18BrNO. The van der Waals surface area contributed by atoms with Crippen molar-refractivity contribution >= 4 is 15.9 Å². The Hall–Kier alpha value is -0.540. The van der Waals surface area contributed by atoms with Crippen LogP contribution in [0.3, 0.4) is 0 Å². The molecule has 0 radical (unpaired) electrons. The topological polar surface area (TPSA) is 21.3 Å². The van der Waals surface area contributed by atoms with Crippen molar-refractivity contribution in [2.24, 2.45) is 0 Å². The summed E-state index contributed by atoms with van der Waals surface area (Å²) < 4.78 is 6.99. The molecule has 0 fully saturated rings. The number of ether oxygens (including phenoxy) is 1. The van der Waals surface area contributed by atoms with Crippen LogP contribution in [0, 0.1) is 6.92 Å². The van der Waals surface area contributed by atoms with Crippen LogP contribution < -0.4 is 10.1 Å². The quantitative estimate of drug-likeness (QED) is 0.896. The highest BCUT2D eigenvalue weighted by Gasteiger charge is 2.20. The SMILES string of the molecule is CCNC1CCCOc2c(C)cc(Br)cc21. The number of aryl methyl sites for hydroxylation is 1. The molecular weight excluding hydrogens is 266 g/mol. The van der Waals surface area contributed by atoms with Gasteiger partial charge in [0.25, 0.3) is 0 Å². The molecule has 1 N–H and O–H groups in total. The van der Waals surface area contributed by atoms with Crippen molar-refractivity contribution < 1.29 is 4.74 Å². The number of nitrogens with one attached hydrogen (secondary N) is 1. The van der Waals surface area contributed by atoms with Crippen molar-refractivity contribution in [3.8, 4) is 5.75 Å². The molecule has 0 bridgehead atoms. The summed E-state index contributed by atoms with van der Waals surface area (Å²) in [6.45, 7) is 6.08. The highest BCUT2D eigenvalue weighted by molar-refractivity contribution is 9.10. The maximum atomic E-state index is 5.85. The predicted octanol–water partition coefficient (Wildman–Crippen LogP) is 3.58. The summed E-state index contributed by atoms with van der Waals surface area (Å²) in [7, 11) is 0. The van der Waals surface area contributed by atoms with Crippen LogP contribution >= 0.6 is 15.9 Å². The monoisotopic (exact) mass is 283 g/mol. The number of benzene rings is 1. The molecule has 1 aliphatic rings. The van der Waals surface area contributed by atoms with Gasteiger partial charge in [0.1, 0.15) is 5.75 Å². The Morgan fingerprint density at radius 3 is 3.06 bits per heavy atom. The van der Waals surface area contributed by atoms with Gasteiger partial charge < -0.3 is 10.1 Å². The van der Waals surface area contributed by atoms with Crippen molar-refractivity contribution in [3.05, 3.63) is 27.7 Å². The first-order chi connectivity index (χ1) is 7.72. The van der Waals surface area contributed by atoms with Gasteiger partial charge in [-0.2, -0.15) is 0 Å². The Bertz CT molecular complexity index is 378. The molecule has 1 aliphatic heterocycles. The molecule has 1 aromatic carbocycles. The van der Waals surface area contributed by atoms with E-state index in [2.05, 4.69) is 47.2 Å². The fraction of sp³-hybridized carbons (Fsp3) is 0.538. The average Bonchev–Trinajstić information content (AvgIpc) is 2.42. The van der Waals surface area contributed by atoms with Crippen LogP contribution in [0.2, 0.25) is 0 Å². The third-order valence-electron chi connectivity index (χ3n) is 2.98. The van der Waals surface area contributed by atoms with E-state index in [9.17, 15) is 0 Å². The molecule has 3 heteroatoms. The molecule has 1 atom stereocenters. The standard InChI is InChI=1S/C13H18BrNO/c1-3-15-12-5-4-6-16-13-9(2)7-10(14)8-11(12)13/h7-8,12,15H,3-6H2,1-2H3. The lowest BCUT2D eigenvalue weighted by Gasteiger charge is -2.19. The predicted molar refractivity (Wildman–Crippen MR) is 70.0 cm³/mol. The molecule has 0 aromatic heterocycles. The molecule has 0 saturated carbocycles. The Morgan fingerprint density at radius 1 is 1.50 bits per heavy atom. The zero-order chi connectivity index (χ0) is 11.5. The molecule has 1 aromatic rings. The van der Waals surface area contributed by atoms with E-state index in [4.69, 9.17) is 4.74 Å². The second-order valence-corrected chi connectivity index (χ2v) is 5.16. The molecule has 0 aliphatic carbocycles. The summed E-state index contributed by atoms with van der Waals surface area (Å²) in [4.78, 5) is 0. The van der Waals surface area contributed by atoms with Crippen LogP contribution in [-0.2, 0) is 0 Å². The average molecular weight is 284 g/mol. The number of hydrogen-bond donors (Lipinski definition) is 1. The molecule has 0 spiro atoms. The highest BCUT2D eigenvalue weighted by atomic mass is 79.9. The normalized spacial score (nSPS) is 19.8. The van der Waals surface area contributed by atoms with Crippen molar-refractivity contribution in [2.45, 2.75) is 32.7 Å². The van der Waals surface area contributed by atoms with Gasteiger partial charge in [0.2, 0.25) is 0 Å². The number of fused-ring (bicyclic) bond motifs is 1. The second-order valence-electron chi connectivity index (χ2n) is 4.24. The molecule has 1 heterocycles. The molecule has 16 heavy (non-hydrogen) atoms. The third kappa shape index (κ3) is 2.41. The third-order valence-corrected chi connectivity index (χ3v) is 3.44. The van der Waals surface area contributed by atoms with Crippen LogP contribution in [-0.4, -0.2) is 13.2 Å². The van der Waals surface area contributed by atoms with E-state index in [0.717, 1.165) is 36.2 Å². The first kappa shape index (κ1) is 11.9. The number of halogens is 1. The second kappa shape index (κ2) is 5.19. The van der Waals surface area contributed by atoms with Gasteiger partial charge in [-0.25, -0.2) is 0 Å². The fourth-order valence-corrected chi connectivity index (χ4v) is 2.88. The minimum absolute atomic E-state index is 0.429. The first-order valence-corrected chi connectivity index (χ1v) is 6.68. The smallest absolute Gasteiger partial charge is 0.127 e. The van der Waals surface area contributed by atoms with E-state index in [1.807, 2.05) is 0 Å². The van der Waals surface area contributed by atoms with Gasteiger partial charge >= 0.3 is 0 Å². The van der Waals surface area contributed by atoms with Gasteiger partial charge in [0.05, 0.1) is 6.61 Å². The van der Waals surface area contributed by atoms with E-state index >= 15 is 0 Å². The summed E-state index contributed by atoms with van der Waals surface area (Å²) in [5.41, 5.74) is 2.51. The lowest BCUT2D eigenvalue weighted by molar-refractivity contribution is 0.313. The van der Waals surface area contributed by atoms with E-state index in [0.29, 0.717) is 6.04 Å². The summed E-state index contributed by atoms with van der Waals surface area (Å²) >= 11 is 3.56. The zero-order valence-electron chi connectivity index (χ0n) is 9.85. The Morgan fingerprint density at radius 2 is 2.31 bits per heavy atom. The molecule has 0 amide bonds. The summed E-state index contributed by atoms with van der Waals surface area (Å²) in [5.74, 6) is 1.08. The van der Waals surface area contributed by atoms with Crippen LogP contribution in [0.15, 0.2) is 16.6 Å². The minimum atomic E-state index is 0.429. The molecule has 2 nitrogen and oxygen atoms in total. The Balaban J connectivity index is 2.43. The van der Waals surface area contributed by atoms with Crippen molar-refractivity contribution in [1.29, 1.82) is 0 Å². The molecule has 1 unspecified atom stereocenters. The summed E-state index contributed by atoms with van der Waals surface area (Å²) in [5, 5.41) is 3.53. The van der Waals surface area contributed by atoms with Gasteiger partial charge in [-0.15, -0.1) is 0 Å². The maximum Gasteiger partial charge on any atom is 0.127 e. The largest absolute Gasteiger partial charge is 0.493 e. The minimum Gasteiger partial charge on any atom is -0.493 e. The fourth-order valence-electron chi connectivity index (χ4n) is 2.29.